The van der Waals surface area contributed by atoms with Crippen LogP contribution in [0.2, 0.25) is 0 Å². The normalized spacial score (nSPS) is 10.7. The van der Waals surface area contributed by atoms with Crippen molar-refractivity contribution in [1.29, 1.82) is 0 Å². The molecule has 4 aromatic rings. The second-order valence-corrected chi connectivity index (χ2v) is 5.78. The van der Waals surface area contributed by atoms with Crippen LogP contribution in [0.25, 0.3) is 33.0 Å². The van der Waals surface area contributed by atoms with E-state index in [0.29, 0.717) is 0 Å². The number of carbonyl (C=O) groups excluding carboxylic acids is 1. The fourth-order valence-electron chi connectivity index (χ4n) is 3.26. The summed E-state index contributed by atoms with van der Waals surface area (Å²) in [7, 11) is 0. The van der Waals surface area contributed by atoms with Gasteiger partial charge < -0.3 is 0 Å². The number of hydrogen-bond acceptors (Lipinski definition) is 1. The molecule has 0 aliphatic heterocycles. The van der Waals surface area contributed by atoms with Gasteiger partial charge in [0.1, 0.15) is 0 Å². The minimum Gasteiger partial charge on any atom is -0.298 e. The van der Waals surface area contributed by atoms with Gasteiger partial charge in [0.2, 0.25) is 0 Å². The van der Waals surface area contributed by atoms with Gasteiger partial charge in [0.15, 0.2) is 6.29 Å². The highest BCUT2D eigenvalue weighted by molar-refractivity contribution is 6.09. The summed E-state index contributed by atoms with van der Waals surface area (Å²) in [6.07, 6.45) is 0.983. The smallest absolute Gasteiger partial charge is 0.151 e. The van der Waals surface area contributed by atoms with Crippen LogP contribution in [0.3, 0.4) is 0 Å². The summed E-state index contributed by atoms with van der Waals surface area (Å²) in [6.45, 7) is 0. The molecule has 0 aliphatic carbocycles. The molecule has 24 heavy (non-hydrogen) atoms. The van der Waals surface area contributed by atoms with Crippen molar-refractivity contribution in [2.75, 3.05) is 0 Å². The Kier molecular flexibility index (Phi) is 3.68. The lowest BCUT2D eigenvalue weighted by Gasteiger charge is -2.16. The first-order valence-electron chi connectivity index (χ1n) is 8.00. The number of carbonyl (C=O) groups is 1. The molecule has 114 valence electrons. The largest absolute Gasteiger partial charge is 0.298 e. The molecule has 0 atom stereocenters. The molecule has 0 fully saturated rings. The van der Waals surface area contributed by atoms with E-state index in [1.807, 2.05) is 54.6 Å². The summed E-state index contributed by atoms with van der Waals surface area (Å²) in [5.74, 6) is 0. The van der Waals surface area contributed by atoms with Crippen molar-refractivity contribution in [3.8, 4) is 22.3 Å². The molecule has 0 N–H and O–H groups in total. The maximum absolute atomic E-state index is 12.0. The minimum atomic E-state index is 0.748. The molecule has 0 aromatic heterocycles. The summed E-state index contributed by atoms with van der Waals surface area (Å²) in [6, 6.07) is 30.6. The molecule has 0 radical (unpaired) electrons. The Bertz CT molecular complexity index is 1000. The monoisotopic (exact) mass is 308 g/mol. The predicted octanol–water partition coefficient (Wildman–Crippen LogP) is 5.99. The van der Waals surface area contributed by atoms with Crippen molar-refractivity contribution < 1.29 is 4.79 Å². The molecule has 4 aromatic carbocycles. The van der Waals surface area contributed by atoms with Crippen molar-refractivity contribution in [2.24, 2.45) is 0 Å². The quantitative estimate of drug-likeness (QED) is 0.425. The Morgan fingerprint density at radius 1 is 0.625 bits per heavy atom. The van der Waals surface area contributed by atoms with E-state index in [2.05, 4.69) is 36.4 Å². The lowest BCUT2D eigenvalue weighted by Crippen LogP contribution is -1.94. The van der Waals surface area contributed by atoms with Crippen LogP contribution >= 0.6 is 0 Å². The maximum Gasteiger partial charge on any atom is 0.151 e. The van der Waals surface area contributed by atoms with Crippen LogP contribution in [0.1, 0.15) is 10.4 Å². The summed E-state index contributed by atoms with van der Waals surface area (Å²) in [4.78, 5) is 12.0. The SMILES string of the molecule is O=Cc1c(-c2ccccc2)c(-c2ccccc2)cc2ccccc12. The van der Waals surface area contributed by atoms with Crippen molar-refractivity contribution in [1.82, 2.24) is 0 Å². The second-order valence-electron chi connectivity index (χ2n) is 5.78. The molecule has 0 heterocycles. The highest BCUT2D eigenvalue weighted by Gasteiger charge is 2.15. The topological polar surface area (TPSA) is 17.1 Å². The van der Waals surface area contributed by atoms with Gasteiger partial charge >= 0.3 is 0 Å². The zero-order chi connectivity index (χ0) is 16.4. The summed E-state index contributed by atoms with van der Waals surface area (Å²) < 4.78 is 0. The molecular weight excluding hydrogens is 292 g/mol. The molecule has 1 nitrogen and oxygen atoms in total. The molecule has 0 aliphatic rings. The van der Waals surface area contributed by atoms with Crippen molar-refractivity contribution >= 4 is 17.1 Å². The van der Waals surface area contributed by atoms with Crippen LogP contribution in [0, 0.1) is 0 Å². The number of benzene rings is 4. The molecule has 1 heteroatoms. The molecule has 0 spiro atoms. The van der Waals surface area contributed by atoms with Crippen LogP contribution in [-0.4, -0.2) is 6.29 Å². The molecule has 4 rings (SSSR count). The van der Waals surface area contributed by atoms with E-state index in [1.54, 1.807) is 0 Å². The lowest BCUT2D eigenvalue weighted by atomic mass is 9.87. The molecule has 0 saturated heterocycles. The highest BCUT2D eigenvalue weighted by Crippen LogP contribution is 2.38. The Balaban J connectivity index is 2.15. The Hall–Kier alpha value is -3.19. The average molecular weight is 308 g/mol. The molecule has 0 saturated carbocycles. The van der Waals surface area contributed by atoms with Crippen molar-refractivity contribution in [2.45, 2.75) is 0 Å². The Morgan fingerprint density at radius 3 is 1.88 bits per heavy atom. The zero-order valence-electron chi connectivity index (χ0n) is 13.1. The van der Waals surface area contributed by atoms with E-state index in [4.69, 9.17) is 0 Å². The van der Waals surface area contributed by atoms with Crippen molar-refractivity contribution in [3.05, 3.63) is 96.6 Å². The fourth-order valence-corrected chi connectivity index (χ4v) is 3.26. The van der Waals surface area contributed by atoms with Gasteiger partial charge in [-0.05, 0) is 33.5 Å². The van der Waals surface area contributed by atoms with Crippen LogP contribution < -0.4 is 0 Å². The third-order valence-corrected chi connectivity index (χ3v) is 4.35. The second kappa shape index (κ2) is 6.13. The first-order valence-corrected chi connectivity index (χ1v) is 8.00. The van der Waals surface area contributed by atoms with Gasteiger partial charge in [-0.2, -0.15) is 0 Å². The number of hydrogen-bond donors (Lipinski definition) is 0. The summed E-state index contributed by atoms with van der Waals surface area (Å²) in [5.41, 5.74) is 5.01. The number of aldehydes is 1. The van der Waals surface area contributed by atoms with Gasteiger partial charge in [-0.15, -0.1) is 0 Å². The number of fused-ring (bicyclic) bond motifs is 1. The first-order chi connectivity index (χ1) is 11.9. The molecular formula is C23H16O. The highest BCUT2D eigenvalue weighted by atomic mass is 16.1. The van der Waals surface area contributed by atoms with Crippen LogP contribution in [-0.2, 0) is 0 Å². The van der Waals surface area contributed by atoms with Crippen molar-refractivity contribution in [3.63, 3.8) is 0 Å². The summed E-state index contributed by atoms with van der Waals surface area (Å²) in [5, 5.41) is 2.07. The van der Waals surface area contributed by atoms with Gasteiger partial charge in [0, 0.05) is 11.1 Å². The summed E-state index contributed by atoms with van der Waals surface area (Å²) >= 11 is 0. The third kappa shape index (κ3) is 2.40. The minimum absolute atomic E-state index is 0.748. The maximum atomic E-state index is 12.0. The van der Waals surface area contributed by atoms with Gasteiger partial charge in [-0.1, -0.05) is 84.9 Å². The first kappa shape index (κ1) is 14.4. The molecule has 0 amide bonds. The van der Waals surface area contributed by atoms with E-state index < -0.39 is 0 Å². The zero-order valence-corrected chi connectivity index (χ0v) is 13.1. The standard InChI is InChI=1S/C23H16O/c24-16-22-20-14-8-7-13-19(20)15-21(17-9-3-1-4-10-17)23(22)18-11-5-2-6-12-18/h1-16H. The van der Waals surface area contributed by atoms with Crippen LogP contribution in [0.15, 0.2) is 91.0 Å². The molecule has 0 unspecified atom stereocenters. The van der Waals surface area contributed by atoms with E-state index in [-0.39, 0.29) is 0 Å². The van der Waals surface area contributed by atoms with Gasteiger partial charge in [0.05, 0.1) is 0 Å². The fraction of sp³-hybridized carbons (Fsp3) is 0. The molecule has 0 bridgehead atoms. The van der Waals surface area contributed by atoms with Crippen LogP contribution in [0.4, 0.5) is 0 Å². The number of rotatable bonds is 3. The Morgan fingerprint density at radius 2 is 1.21 bits per heavy atom. The van der Waals surface area contributed by atoms with E-state index in [1.165, 1.54) is 0 Å². The van der Waals surface area contributed by atoms with Gasteiger partial charge in [0.25, 0.3) is 0 Å². The van der Waals surface area contributed by atoms with E-state index >= 15 is 0 Å². The van der Waals surface area contributed by atoms with E-state index in [9.17, 15) is 4.79 Å². The van der Waals surface area contributed by atoms with E-state index in [0.717, 1.165) is 44.9 Å². The average Bonchev–Trinajstić information content (AvgIpc) is 2.67. The van der Waals surface area contributed by atoms with Gasteiger partial charge in [-0.25, -0.2) is 0 Å². The van der Waals surface area contributed by atoms with Crippen LogP contribution in [0.5, 0.6) is 0 Å². The third-order valence-electron chi connectivity index (χ3n) is 4.35. The Labute approximate surface area is 141 Å². The predicted molar refractivity (Wildman–Crippen MR) is 100 cm³/mol. The van der Waals surface area contributed by atoms with Gasteiger partial charge in [-0.3, -0.25) is 4.79 Å². The lowest BCUT2D eigenvalue weighted by molar-refractivity contribution is 0.112.